The van der Waals surface area contributed by atoms with Gasteiger partial charge >= 0.3 is 13.5 Å². The van der Waals surface area contributed by atoms with Crippen LogP contribution in [0, 0.1) is 0 Å². The average Bonchev–Trinajstić information content (AvgIpc) is 2.67. The molecule has 1 aliphatic heterocycles. The molecule has 10 nitrogen and oxygen atoms in total. The van der Waals surface area contributed by atoms with E-state index in [1.54, 1.807) is 0 Å². The Hall–Kier alpha value is -1.29. The van der Waals surface area contributed by atoms with Crippen LogP contribution in [0.25, 0.3) is 0 Å². The van der Waals surface area contributed by atoms with Crippen molar-refractivity contribution in [2.45, 2.75) is 24.9 Å². The third-order valence-electron chi connectivity index (χ3n) is 2.77. The fourth-order valence-corrected chi connectivity index (χ4v) is 2.19. The van der Waals surface area contributed by atoms with Crippen molar-refractivity contribution in [1.82, 2.24) is 9.55 Å². The van der Waals surface area contributed by atoms with E-state index in [0.717, 1.165) is 4.57 Å². The zero-order valence-corrected chi connectivity index (χ0v) is 11.1. The molecule has 1 aliphatic rings. The number of anilines is 1. The lowest BCUT2D eigenvalue weighted by Gasteiger charge is -2.16. The number of aliphatic hydroxyl groups is 1. The van der Waals surface area contributed by atoms with Gasteiger partial charge in [-0.25, -0.2) is 9.36 Å². The molecule has 2 rings (SSSR count). The molecule has 0 spiro atoms. The highest BCUT2D eigenvalue weighted by molar-refractivity contribution is 7.46. The van der Waals surface area contributed by atoms with Gasteiger partial charge in [-0.1, -0.05) is 0 Å². The second-order valence-corrected chi connectivity index (χ2v) is 5.50. The van der Waals surface area contributed by atoms with Crippen LogP contribution in [0.15, 0.2) is 17.1 Å². The normalized spacial score (nSPS) is 26.9. The molecule has 11 heteroatoms. The molecule has 0 saturated carbocycles. The number of aromatic nitrogens is 2. The van der Waals surface area contributed by atoms with E-state index in [9.17, 15) is 14.5 Å². The highest BCUT2D eigenvalue weighted by Gasteiger charge is 2.36. The maximum absolute atomic E-state index is 11.6. The molecule has 5 N–H and O–H groups in total. The maximum atomic E-state index is 11.6. The Morgan fingerprint density at radius 3 is 2.90 bits per heavy atom. The zero-order valence-electron chi connectivity index (χ0n) is 10.2. The van der Waals surface area contributed by atoms with Gasteiger partial charge in [0, 0.05) is 12.6 Å². The average molecular weight is 307 g/mol. The first-order chi connectivity index (χ1) is 9.26. The number of phosphoric ester groups is 1. The molecule has 0 bridgehead atoms. The van der Waals surface area contributed by atoms with Gasteiger partial charge < -0.3 is 25.4 Å². The van der Waals surface area contributed by atoms with Gasteiger partial charge in [-0.3, -0.25) is 9.09 Å². The van der Waals surface area contributed by atoms with Crippen LogP contribution in [0.1, 0.15) is 12.6 Å². The number of hydrogen-bond donors (Lipinski definition) is 4. The second kappa shape index (κ2) is 5.60. The predicted molar refractivity (Wildman–Crippen MR) is 65.4 cm³/mol. The van der Waals surface area contributed by atoms with Gasteiger partial charge in [0.05, 0.1) is 12.7 Å². The molecule has 3 atom stereocenters. The van der Waals surface area contributed by atoms with Crippen molar-refractivity contribution in [2.75, 3.05) is 12.3 Å². The quantitative estimate of drug-likeness (QED) is 0.490. The summed E-state index contributed by atoms with van der Waals surface area (Å²) in [6.07, 6.45) is -1.32. The Labute approximate surface area is 113 Å². The van der Waals surface area contributed by atoms with Crippen molar-refractivity contribution < 1.29 is 28.7 Å². The molecule has 1 saturated heterocycles. The molecule has 2 heterocycles. The first kappa shape index (κ1) is 15.1. The van der Waals surface area contributed by atoms with Gasteiger partial charge in [0.2, 0.25) is 0 Å². The molecule has 1 aromatic heterocycles. The molecule has 112 valence electrons. The largest absolute Gasteiger partial charge is 0.469 e. The Morgan fingerprint density at radius 1 is 1.60 bits per heavy atom. The standard InChI is InChI=1S/C9H14N3O7P/c10-7-1-2-12(9(14)11-7)8-3-5(13)6(19-8)4-18-20(15,16)17/h1-2,5-6,8,13H,3-4H2,(H2,10,11,14)(H2,15,16,17)/t5-,6-,8-/m1/s1. The summed E-state index contributed by atoms with van der Waals surface area (Å²) in [4.78, 5) is 32.3. The van der Waals surface area contributed by atoms with Crippen molar-refractivity contribution in [3.8, 4) is 0 Å². The summed E-state index contributed by atoms with van der Waals surface area (Å²) in [5.41, 5.74) is 4.72. The van der Waals surface area contributed by atoms with Gasteiger partial charge in [0.25, 0.3) is 0 Å². The topological polar surface area (TPSA) is 157 Å². The number of ether oxygens (including phenoxy) is 1. The van der Waals surface area contributed by atoms with E-state index in [2.05, 4.69) is 9.51 Å². The van der Waals surface area contributed by atoms with Crippen LogP contribution in [0.2, 0.25) is 0 Å². The summed E-state index contributed by atoms with van der Waals surface area (Å²) in [7, 11) is -4.64. The fourth-order valence-electron chi connectivity index (χ4n) is 1.85. The van der Waals surface area contributed by atoms with E-state index >= 15 is 0 Å². The van der Waals surface area contributed by atoms with Gasteiger partial charge in [-0.05, 0) is 6.07 Å². The van der Waals surface area contributed by atoms with E-state index in [1.165, 1.54) is 12.3 Å². The smallest absolute Gasteiger partial charge is 0.390 e. The Morgan fingerprint density at radius 2 is 2.30 bits per heavy atom. The molecule has 0 unspecified atom stereocenters. The lowest BCUT2D eigenvalue weighted by Crippen LogP contribution is -2.28. The predicted octanol–water partition coefficient (Wildman–Crippen LogP) is -1.42. The lowest BCUT2D eigenvalue weighted by molar-refractivity contribution is -0.0450. The summed E-state index contributed by atoms with van der Waals surface area (Å²) in [6, 6.07) is 1.40. The Kier molecular flexibility index (Phi) is 4.23. The number of phosphoric acid groups is 1. The first-order valence-corrected chi connectivity index (χ1v) is 7.17. The Bertz CT molecular complexity index is 585. The van der Waals surface area contributed by atoms with Gasteiger partial charge in [0.1, 0.15) is 18.1 Å². The Balaban J connectivity index is 2.06. The van der Waals surface area contributed by atoms with Gasteiger partial charge in [-0.2, -0.15) is 4.98 Å². The van der Waals surface area contributed by atoms with E-state index in [1.807, 2.05) is 0 Å². The second-order valence-electron chi connectivity index (χ2n) is 4.26. The molecule has 0 aliphatic carbocycles. The number of nitrogens with two attached hydrogens (primary N) is 1. The maximum Gasteiger partial charge on any atom is 0.469 e. The molecular formula is C9H14N3O7P. The number of nitrogens with zero attached hydrogens (tertiary/aromatic N) is 2. The minimum absolute atomic E-state index is 0.0613. The van der Waals surface area contributed by atoms with Crippen molar-refractivity contribution in [3.63, 3.8) is 0 Å². The molecule has 20 heavy (non-hydrogen) atoms. The van der Waals surface area contributed by atoms with E-state index in [-0.39, 0.29) is 12.2 Å². The minimum Gasteiger partial charge on any atom is -0.390 e. The van der Waals surface area contributed by atoms with Crippen molar-refractivity contribution in [2.24, 2.45) is 0 Å². The molecule has 0 radical (unpaired) electrons. The lowest BCUT2D eigenvalue weighted by atomic mass is 10.2. The summed E-state index contributed by atoms with van der Waals surface area (Å²) >= 11 is 0. The highest BCUT2D eigenvalue weighted by atomic mass is 31.2. The fraction of sp³-hybridized carbons (Fsp3) is 0.556. The van der Waals surface area contributed by atoms with Crippen molar-refractivity contribution >= 4 is 13.6 Å². The number of nitrogen functional groups attached to an aromatic ring is 1. The van der Waals surface area contributed by atoms with Crippen LogP contribution < -0.4 is 11.4 Å². The molecule has 1 fully saturated rings. The molecular weight excluding hydrogens is 293 g/mol. The highest BCUT2D eigenvalue weighted by Crippen LogP contribution is 2.38. The number of rotatable bonds is 4. The van der Waals surface area contributed by atoms with E-state index in [4.69, 9.17) is 20.3 Å². The molecule has 0 aromatic carbocycles. The van der Waals surface area contributed by atoms with Crippen LogP contribution in [0.5, 0.6) is 0 Å². The van der Waals surface area contributed by atoms with Crippen LogP contribution in [0.3, 0.4) is 0 Å². The van der Waals surface area contributed by atoms with Gasteiger partial charge in [-0.15, -0.1) is 0 Å². The minimum atomic E-state index is -4.64. The number of aliphatic hydroxyl groups excluding tert-OH is 1. The third kappa shape index (κ3) is 3.63. The van der Waals surface area contributed by atoms with Crippen LogP contribution in [-0.4, -0.2) is 43.3 Å². The molecule has 0 amide bonds. The summed E-state index contributed by atoms with van der Waals surface area (Å²) in [6.45, 7) is -0.487. The summed E-state index contributed by atoms with van der Waals surface area (Å²) in [5.74, 6) is 0.0613. The number of hydrogen-bond acceptors (Lipinski definition) is 7. The third-order valence-corrected chi connectivity index (χ3v) is 3.26. The van der Waals surface area contributed by atoms with E-state index in [0.29, 0.717) is 0 Å². The SMILES string of the molecule is Nc1ccn([C@H]2C[C@@H](O)[C@@H](COP(=O)(O)O)O2)c(=O)n1. The zero-order chi connectivity index (χ0) is 14.9. The van der Waals surface area contributed by atoms with E-state index < -0.39 is 38.6 Å². The summed E-state index contributed by atoms with van der Waals surface area (Å²) < 4.78 is 21.3. The van der Waals surface area contributed by atoms with Crippen LogP contribution in [0.4, 0.5) is 5.82 Å². The summed E-state index contributed by atoms with van der Waals surface area (Å²) in [5, 5.41) is 9.74. The monoisotopic (exact) mass is 307 g/mol. The van der Waals surface area contributed by atoms with Crippen LogP contribution >= 0.6 is 7.82 Å². The molecule has 1 aromatic rings. The van der Waals surface area contributed by atoms with Crippen LogP contribution in [-0.2, 0) is 13.8 Å². The van der Waals surface area contributed by atoms with Crippen molar-refractivity contribution in [3.05, 3.63) is 22.7 Å². The van der Waals surface area contributed by atoms with Crippen molar-refractivity contribution in [1.29, 1.82) is 0 Å². The van der Waals surface area contributed by atoms with Gasteiger partial charge in [0.15, 0.2) is 0 Å². The first-order valence-electron chi connectivity index (χ1n) is 5.64.